The molecule has 1 aliphatic carbocycles. The van der Waals surface area contributed by atoms with Gasteiger partial charge >= 0.3 is 12.2 Å². The molecule has 9 heteroatoms. The van der Waals surface area contributed by atoms with Gasteiger partial charge in [-0.2, -0.15) is 0 Å². The third-order valence-corrected chi connectivity index (χ3v) is 4.95. The Kier molecular flexibility index (Phi) is 6.13. The zero-order chi connectivity index (χ0) is 20.1. The minimum Gasteiger partial charge on any atom is -0.464 e. The van der Waals surface area contributed by atoms with Crippen molar-refractivity contribution in [1.29, 1.82) is 0 Å². The van der Waals surface area contributed by atoms with Gasteiger partial charge < -0.3 is 15.2 Å². The first kappa shape index (κ1) is 19.7. The van der Waals surface area contributed by atoms with E-state index in [1.54, 1.807) is 0 Å². The van der Waals surface area contributed by atoms with Gasteiger partial charge in [-0.3, -0.25) is 9.59 Å². The Morgan fingerprint density at radius 2 is 1.96 bits per heavy atom. The van der Waals surface area contributed by atoms with Crippen molar-refractivity contribution < 1.29 is 29.0 Å². The van der Waals surface area contributed by atoms with Gasteiger partial charge in [0.15, 0.2) is 0 Å². The van der Waals surface area contributed by atoms with Gasteiger partial charge in [-0.15, -0.1) is 0 Å². The molecule has 2 atom stereocenters. The summed E-state index contributed by atoms with van der Waals surface area (Å²) in [4.78, 5) is 48.1. The minimum absolute atomic E-state index is 0.00619. The molecule has 150 valence electrons. The number of benzene rings is 1. The molecule has 1 heterocycles. The number of ether oxygens (including phenoxy) is 1. The van der Waals surface area contributed by atoms with Crippen LogP contribution in [0.1, 0.15) is 37.7 Å². The van der Waals surface area contributed by atoms with Crippen LogP contribution < -0.4 is 5.32 Å². The van der Waals surface area contributed by atoms with E-state index in [0.717, 1.165) is 15.6 Å². The molecule has 28 heavy (non-hydrogen) atoms. The van der Waals surface area contributed by atoms with E-state index in [1.807, 2.05) is 30.3 Å². The highest BCUT2D eigenvalue weighted by Gasteiger charge is 2.42. The Labute approximate surface area is 162 Å². The van der Waals surface area contributed by atoms with E-state index in [4.69, 9.17) is 4.74 Å². The molecular weight excluding hydrogens is 366 g/mol. The fraction of sp³-hybridized carbons (Fsp3) is 0.474. The summed E-state index contributed by atoms with van der Waals surface area (Å²) in [6.45, 7) is 0.224. The van der Waals surface area contributed by atoms with E-state index in [1.165, 1.54) is 0 Å². The summed E-state index contributed by atoms with van der Waals surface area (Å²) in [6.07, 6.45) is -0.0760. The largest absolute Gasteiger partial charge is 0.464 e. The monoisotopic (exact) mass is 389 g/mol. The lowest BCUT2D eigenvalue weighted by atomic mass is 9.94. The summed E-state index contributed by atoms with van der Waals surface area (Å²) >= 11 is 0. The summed E-state index contributed by atoms with van der Waals surface area (Å²) in [5.41, 5.74) is 0.816. The molecule has 2 fully saturated rings. The van der Waals surface area contributed by atoms with Crippen LogP contribution in [0, 0.1) is 0 Å². The summed E-state index contributed by atoms with van der Waals surface area (Å²) in [5, 5.41) is 14.1. The number of hydrazine groups is 1. The maximum absolute atomic E-state index is 12.7. The molecule has 1 aliphatic heterocycles. The van der Waals surface area contributed by atoms with Crippen molar-refractivity contribution in [2.45, 2.75) is 50.8 Å². The lowest BCUT2D eigenvalue weighted by molar-refractivity contribution is -0.147. The van der Waals surface area contributed by atoms with Crippen LogP contribution in [0.5, 0.6) is 0 Å². The second-order valence-corrected chi connectivity index (χ2v) is 6.92. The Hall–Kier alpha value is -3.10. The zero-order valence-corrected chi connectivity index (χ0v) is 15.4. The lowest BCUT2D eigenvalue weighted by Crippen LogP contribution is -2.55. The molecule has 1 aromatic rings. The first-order chi connectivity index (χ1) is 13.5. The summed E-state index contributed by atoms with van der Waals surface area (Å²) < 4.78 is 5.12. The number of rotatable bonds is 5. The molecular formula is C19H23N3O6. The number of hydrogen-bond donors (Lipinski definition) is 2. The van der Waals surface area contributed by atoms with E-state index in [9.17, 15) is 24.3 Å². The third kappa shape index (κ3) is 4.59. The van der Waals surface area contributed by atoms with Crippen LogP contribution in [0.25, 0.3) is 0 Å². The van der Waals surface area contributed by atoms with Gasteiger partial charge in [0.2, 0.25) is 0 Å². The predicted octanol–water partition coefficient (Wildman–Crippen LogP) is 1.92. The highest BCUT2D eigenvalue weighted by atomic mass is 16.5. The highest BCUT2D eigenvalue weighted by molar-refractivity contribution is 5.89. The van der Waals surface area contributed by atoms with Crippen LogP contribution in [0.2, 0.25) is 0 Å². The third-order valence-electron chi connectivity index (χ3n) is 4.95. The molecule has 0 aromatic heterocycles. The Balaban J connectivity index is 1.57. The average molecular weight is 389 g/mol. The molecule has 1 aromatic carbocycles. The molecule has 9 nitrogen and oxygen atoms in total. The maximum atomic E-state index is 12.7. The van der Waals surface area contributed by atoms with Gasteiger partial charge in [0.25, 0.3) is 5.91 Å². The van der Waals surface area contributed by atoms with E-state index >= 15 is 0 Å². The van der Waals surface area contributed by atoms with Crippen LogP contribution >= 0.6 is 0 Å². The number of carbonyl (C=O) groups excluding carboxylic acids is 3. The zero-order valence-electron chi connectivity index (χ0n) is 15.4. The second kappa shape index (κ2) is 8.73. The molecule has 2 unspecified atom stereocenters. The van der Waals surface area contributed by atoms with Gasteiger partial charge in [0.1, 0.15) is 18.4 Å². The SMILES string of the molecule is O=C1CCCC(N(C(=O)O)N2CCC(NC(=O)OCc3ccccc3)C2=O)C1. The summed E-state index contributed by atoms with van der Waals surface area (Å²) in [5.74, 6) is -0.523. The minimum atomic E-state index is -1.28. The average Bonchev–Trinajstić information content (AvgIpc) is 3.01. The predicted molar refractivity (Wildman–Crippen MR) is 97.0 cm³/mol. The van der Waals surface area contributed by atoms with Gasteiger partial charge in [-0.1, -0.05) is 30.3 Å². The number of carbonyl (C=O) groups is 4. The Morgan fingerprint density at radius 3 is 2.64 bits per heavy atom. The van der Waals surface area contributed by atoms with Crippen molar-refractivity contribution in [3.05, 3.63) is 35.9 Å². The number of alkyl carbamates (subject to hydrolysis) is 1. The van der Waals surface area contributed by atoms with E-state index in [0.29, 0.717) is 19.3 Å². The van der Waals surface area contributed by atoms with Crippen molar-refractivity contribution in [2.24, 2.45) is 0 Å². The number of ketones is 1. The molecule has 0 radical (unpaired) electrons. The molecule has 3 amide bonds. The van der Waals surface area contributed by atoms with Gasteiger partial charge in [-0.25, -0.2) is 19.6 Å². The normalized spacial score (nSPS) is 22.1. The Morgan fingerprint density at radius 1 is 1.21 bits per heavy atom. The van der Waals surface area contributed by atoms with Crippen LogP contribution in [0.4, 0.5) is 9.59 Å². The lowest BCUT2D eigenvalue weighted by Gasteiger charge is -2.37. The van der Waals surface area contributed by atoms with Crippen molar-refractivity contribution in [1.82, 2.24) is 15.3 Å². The number of nitrogens with one attached hydrogen (secondary N) is 1. The van der Waals surface area contributed by atoms with Crippen molar-refractivity contribution in [3.8, 4) is 0 Å². The standard InChI is InChI=1S/C19H23N3O6/c23-15-8-4-7-14(11-15)22(19(26)27)21-10-9-16(17(21)24)20-18(25)28-12-13-5-2-1-3-6-13/h1-3,5-6,14,16H,4,7-12H2,(H,20,25)(H,26,27). The fourth-order valence-electron chi connectivity index (χ4n) is 3.59. The highest BCUT2D eigenvalue weighted by Crippen LogP contribution is 2.25. The van der Waals surface area contributed by atoms with Gasteiger partial charge in [0, 0.05) is 19.4 Å². The number of hydrogen-bond acceptors (Lipinski definition) is 5. The van der Waals surface area contributed by atoms with Crippen LogP contribution in [0.15, 0.2) is 30.3 Å². The topological polar surface area (TPSA) is 116 Å². The van der Waals surface area contributed by atoms with Crippen LogP contribution in [0.3, 0.4) is 0 Å². The van der Waals surface area contributed by atoms with E-state index < -0.39 is 30.2 Å². The number of amides is 3. The van der Waals surface area contributed by atoms with Crippen molar-refractivity contribution in [3.63, 3.8) is 0 Å². The summed E-state index contributed by atoms with van der Waals surface area (Å²) in [6, 6.07) is 7.72. The first-order valence-corrected chi connectivity index (χ1v) is 9.28. The first-order valence-electron chi connectivity index (χ1n) is 9.28. The molecule has 1 saturated carbocycles. The van der Waals surface area contributed by atoms with Gasteiger partial charge in [0.05, 0.1) is 6.04 Å². The van der Waals surface area contributed by atoms with Crippen molar-refractivity contribution >= 4 is 23.9 Å². The van der Waals surface area contributed by atoms with Crippen molar-refractivity contribution in [2.75, 3.05) is 6.54 Å². The maximum Gasteiger partial charge on any atom is 0.426 e. The smallest absolute Gasteiger partial charge is 0.426 e. The van der Waals surface area contributed by atoms with Crippen LogP contribution in [-0.4, -0.2) is 57.6 Å². The molecule has 1 saturated heterocycles. The van der Waals surface area contributed by atoms with Gasteiger partial charge in [-0.05, 0) is 24.8 Å². The fourth-order valence-corrected chi connectivity index (χ4v) is 3.59. The quantitative estimate of drug-likeness (QED) is 0.795. The second-order valence-electron chi connectivity index (χ2n) is 6.92. The molecule has 0 bridgehead atoms. The van der Waals surface area contributed by atoms with E-state index in [2.05, 4.69) is 5.32 Å². The Bertz CT molecular complexity index is 753. The molecule has 2 N–H and O–H groups in total. The van der Waals surface area contributed by atoms with E-state index in [-0.39, 0.29) is 31.8 Å². The number of carboxylic acid groups (broad SMARTS) is 1. The molecule has 3 rings (SSSR count). The summed E-state index contributed by atoms with van der Waals surface area (Å²) in [7, 11) is 0. The molecule has 2 aliphatic rings. The number of nitrogens with zero attached hydrogens (tertiary/aromatic N) is 2. The van der Waals surface area contributed by atoms with Crippen LogP contribution in [-0.2, 0) is 20.9 Å². The molecule has 0 spiro atoms. The number of Topliss-reactive ketones (excluding diaryl/α,β-unsaturated/α-hetero) is 1.